The first kappa shape index (κ1) is 16.4. The number of nitrogens with zero attached hydrogens (tertiary/aromatic N) is 1. The van der Waals surface area contributed by atoms with Crippen molar-refractivity contribution >= 4 is 49.0 Å². The van der Waals surface area contributed by atoms with Gasteiger partial charge in [0.2, 0.25) is 5.55 Å². The van der Waals surface area contributed by atoms with Crippen LogP contribution in [0.1, 0.15) is 0 Å². The third-order valence-corrected chi connectivity index (χ3v) is 5.88. The summed E-state index contributed by atoms with van der Waals surface area (Å²) in [4.78, 5) is 4.74. The van der Waals surface area contributed by atoms with E-state index >= 15 is 0 Å². The molecular weight excluding hydrogens is 420 g/mol. The fraction of sp³-hybridized carbons (Fsp3) is 0. The van der Waals surface area contributed by atoms with Crippen LogP contribution in [0.5, 0.6) is 0 Å². The van der Waals surface area contributed by atoms with E-state index in [2.05, 4.69) is 22.0 Å². The summed E-state index contributed by atoms with van der Waals surface area (Å²) in [6.45, 7) is 0. The van der Waals surface area contributed by atoms with Crippen molar-refractivity contribution in [3.05, 3.63) is 82.1 Å². The molecule has 0 spiro atoms. The van der Waals surface area contributed by atoms with Crippen LogP contribution in [0.25, 0.3) is 43.6 Å². The van der Waals surface area contributed by atoms with Crippen LogP contribution in [0.15, 0.2) is 81.0 Å². The molecule has 2 heterocycles. The second-order valence-electron chi connectivity index (χ2n) is 6.24. The standard InChI is InChI=1S/C22H13BrN2OS/c23-16-6-3-5-14(10-16)19-12-27-22(25-19)18-11-15-9-8-13-4-1-2-7-17(13)20(15)26-21(18)24/h1-12,24H. The van der Waals surface area contributed by atoms with Crippen molar-refractivity contribution in [2.75, 3.05) is 0 Å². The SMILES string of the molecule is N=c1oc2c(ccc3ccccc32)cc1-c1nc(-c2cccc(Br)c2)cs1. The minimum absolute atomic E-state index is 0.133. The molecule has 1 N–H and O–H groups in total. The average molecular weight is 433 g/mol. The molecule has 0 saturated carbocycles. The number of hydrogen-bond acceptors (Lipinski definition) is 4. The van der Waals surface area contributed by atoms with Crippen LogP contribution in [0.2, 0.25) is 0 Å². The third-order valence-electron chi connectivity index (χ3n) is 4.51. The van der Waals surface area contributed by atoms with Crippen LogP contribution in [-0.2, 0) is 0 Å². The van der Waals surface area contributed by atoms with Gasteiger partial charge in [-0.25, -0.2) is 4.98 Å². The summed E-state index contributed by atoms with van der Waals surface area (Å²) in [5.74, 6) is 0. The minimum atomic E-state index is 0.133. The fourth-order valence-corrected chi connectivity index (χ4v) is 4.44. The maximum atomic E-state index is 8.41. The topological polar surface area (TPSA) is 49.9 Å². The highest BCUT2D eigenvalue weighted by atomic mass is 79.9. The lowest BCUT2D eigenvalue weighted by Gasteiger charge is -2.05. The predicted molar refractivity (Wildman–Crippen MR) is 114 cm³/mol. The average Bonchev–Trinajstić information content (AvgIpc) is 3.17. The van der Waals surface area contributed by atoms with Crippen molar-refractivity contribution < 1.29 is 4.42 Å². The van der Waals surface area contributed by atoms with Gasteiger partial charge >= 0.3 is 0 Å². The van der Waals surface area contributed by atoms with E-state index in [-0.39, 0.29) is 5.55 Å². The van der Waals surface area contributed by atoms with Crippen LogP contribution in [0, 0.1) is 5.41 Å². The zero-order valence-electron chi connectivity index (χ0n) is 14.1. The van der Waals surface area contributed by atoms with Crippen LogP contribution in [0.4, 0.5) is 0 Å². The molecule has 3 aromatic carbocycles. The highest BCUT2D eigenvalue weighted by molar-refractivity contribution is 9.10. The maximum Gasteiger partial charge on any atom is 0.222 e. The Labute approximate surface area is 167 Å². The second kappa shape index (κ2) is 6.44. The van der Waals surface area contributed by atoms with Crippen molar-refractivity contribution in [2.45, 2.75) is 0 Å². The second-order valence-corrected chi connectivity index (χ2v) is 8.02. The molecule has 130 valence electrons. The van der Waals surface area contributed by atoms with Crippen molar-refractivity contribution in [1.29, 1.82) is 5.41 Å². The quantitative estimate of drug-likeness (QED) is 0.318. The Kier molecular flexibility index (Phi) is 3.92. The summed E-state index contributed by atoms with van der Waals surface area (Å²) in [5.41, 5.74) is 3.53. The van der Waals surface area contributed by atoms with Gasteiger partial charge in [0, 0.05) is 26.2 Å². The number of benzene rings is 3. The Morgan fingerprint density at radius 3 is 2.67 bits per heavy atom. The highest BCUT2D eigenvalue weighted by Crippen LogP contribution is 2.31. The molecular formula is C22H13BrN2OS. The first-order chi connectivity index (χ1) is 13.2. The molecule has 2 aromatic heterocycles. The number of nitrogens with one attached hydrogen (secondary N) is 1. The highest BCUT2D eigenvalue weighted by Gasteiger charge is 2.12. The summed E-state index contributed by atoms with van der Waals surface area (Å²) < 4.78 is 6.94. The van der Waals surface area contributed by atoms with Gasteiger partial charge < -0.3 is 4.42 Å². The molecule has 0 bridgehead atoms. The van der Waals surface area contributed by atoms with Crippen LogP contribution in [-0.4, -0.2) is 4.98 Å². The van der Waals surface area contributed by atoms with Crippen LogP contribution >= 0.6 is 27.3 Å². The van der Waals surface area contributed by atoms with Crippen molar-refractivity contribution in [1.82, 2.24) is 4.98 Å². The first-order valence-corrected chi connectivity index (χ1v) is 10.1. The van der Waals surface area contributed by atoms with E-state index < -0.39 is 0 Å². The maximum absolute atomic E-state index is 8.41. The van der Waals surface area contributed by atoms with Gasteiger partial charge in [-0.2, -0.15) is 0 Å². The van der Waals surface area contributed by atoms with Gasteiger partial charge in [-0.3, -0.25) is 5.41 Å². The van der Waals surface area contributed by atoms with Crippen molar-refractivity contribution in [3.8, 4) is 21.8 Å². The number of aromatic nitrogens is 1. The predicted octanol–water partition coefficient (Wildman–Crippen LogP) is 6.62. The molecule has 0 saturated heterocycles. The van der Waals surface area contributed by atoms with Gasteiger partial charge in [-0.05, 0) is 23.6 Å². The number of thiazole rings is 1. The Morgan fingerprint density at radius 2 is 1.78 bits per heavy atom. The fourth-order valence-electron chi connectivity index (χ4n) is 3.20. The third kappa shape index (κ3) is 2.89. The van der Waals surface area contributed by atoms with E-state index in [9.17, 15) is 0 Å². The lowest BCUT2D eigenvalue weighted by atomic mass is 10.1. The first-order valence-electron chi connectivity index (χ1n) is 8.41. The van der Waals surface area contributed by atoms with Gasteiger partial charge in [0.15, 0.2) is 0 Å². The Hall–Kier alpha value is -2.76. The van der Waals surface area contributed by atoms with Crippen LogP contribution in [0.3, 0.4) is 0 Å². The summed E-state index contributed by atoms with van der Waals surface area (Å²) in [5, 5.41) is 14.3. The molecule has 5 rings (SSSR count). The van der Waals surface area contributed by atoms with E-state index in [0.29, 0.717) is 5.56 Å². The van der Waals surface area contributed by atoms with E-state index in [4.69, 9.17) is 14.8 Å². The molecule has 0 unspecified atom stereocenters. The van der Waals surface area contributed by atoms with Gasteiger partial charge in [0.25, 0.3) is 0 Å². The van der Waals surface area contributed by atoms with E-state index in [1.165, 1.54) is 11.3 Å². The lowest BCUT2D eigenvalue weighted by molar-refractivity contribution is 0.539. The number of hydrogen-bond donors (Lipinski definition) is 1. The monoisotopic (exact) mass is 432 g/mol. The Morgan fingerprint density at radius 1 is 0.926 bits per heavy atom. The zero-order valence-corrected chi connectivity index (χ0v) is 16.5. The Balaban J connectivity index is 1.66. The lowest BCUT2D eigenvalue weighted by Crippen LogP contribution is -2.03. The van der Waals surface area contributed by atoms with E-state index in [1.807, 2.05) is 66.0 Å². The molecule has 0 aliphatic rings. The molecule has 0 amide bonds. The molecule has 27 heavy (non-hydrogen) atoms. The van der Waals surface area contributed by atoms with Gasteiger partial charge in [-0.15, -0.1) is 11.3 Å². The molecule has 3 nitrogen and oxygen atoms in total. The van der Waals surface area contributed by atoms with Gasteiger partial charge in [0.1, 0.15) is 10.6 Å². The Bertz CT molecular complexity index is 1370. The normalized spacial score (nSPS) is 11.3. The van der Waals surface area contributed by atoms with E-state index in [1.54, 1.807) is 0 Å². The molecule has 0 atom stereocenters. The largest absolute Gasteiger partial charge is 0.438 e. The molecule has 5 heteroatoms. The van der Waals surface area contributed by atoms with E-state index in [0.717, 1.165) is 42.5 Å². The molecule has 0 aliphatic heterocycles. The summed E-state index contributed by atoms with van der Waals surface area (Å²) in [6, 6.07) is 22.2. The van der Waals surface area contributed by atoms with Crippen LogP contribution < -0.4 is 5.55 Å². The summed E-state index contributed by atoms with van der Waals surface area (Å²) in [7, 11) is 0. The van der Waals surface area contributed by atoms with Crippen molar-refractivity contribution in [2.24, 2.45) is 0 Å². The minimum Gasteiger partial charge on any atom is -0.438 e. The molecule has 0 radical (unpaired) electrons. The number of halogens is 1. The van der Waals surface area contributed by atoms with Crippen molar-refractivity contribution in [3.63, 3.8) is 0 Å². The molecule has 0 aliphatic carbocycles. The zero-order chi connectivity index (χ0) is 18.4. The number of rotatable bonds is 2. The van der Waals surface area contributed by atoms with Gasteiger partial charge in [-0.1, -0.05) is 64.5 Å². The van der Waals surface area contributed by atoms with Gasteiger partial charge in [0.05, 0.1) is 11.3 Å². The molecule has 5 aromatic rings. The number of fused-ring (bicyclic) bond motifs is 3. The summed E-state index contributed by atoms with van der Waals surface area (Å²) in [6.07, 6.45) is 0. The summed E-state index contributed by atoms with van der Waals surface area (Å²) >= 11 is 5.02. The smallest absolute Gasteiger partial charge is 0.222 e. The molecule has 0 fully saturated rings.